The Kier molecular flexibility index (Phi) is 7.56. The molecule has 0 aliphatic carbocycles. The predicted octanol–water partition coefficient (Wildman–Crippen LogP) is 3.59. The highest BCUT2D eigenvalue weighted by molar-refractivity contribution is 5.39. The zero-order chi connectivity index (χ0) is 12.6. The number of anilines is 1. The lowest BCUT2D eigenvalue weighted by Gasteiger charge is -2.20. The number of rotatable bonds is 4. The molecule has 0 spiro atoms. The second-order valence-electron chi connectivity index (χ2n) is 3.45. The van der Waals surface area contributed by atoms with E-state index in [4.69, 9.17) is 10.5 Å². The van der Waals surface area contributed by atoms with Gasteiger partial charge in [-0.15, -0.1) is 0 Å². The van der Waals surface area contributed by atoms with Crippen LogP contribution in [0.1, 0.15) is 32.4 Å². The number of halogens is 1. The van der Waals surface area contributed by atoms with Crippen molar-refractivity contribution in [3.05, 3.63) is 29.8 Å². The van der Waals surface area contributed by atoms with Gasteiger partial charge in [-0.2, -0.15) is 0 Å². The minimum absolute atomic E-state index is 0.136. The fraction of sp³-hybridized carbons (Fsp3) is 0.538. The van der Waals surface area contributed by atoms with E-state index in [2.05, 4.69) is 0 Å². The molecule has 0 radical (unpaired) electrons. The molecule has 0 aliphatic heterocycles. The van der Waals surface area contributed by atoms with E-state index in [-0.39, 0.29) is 18.7 Å². The van der Waals surface area contributed by atoms with Gasteiger partial charge in [0, 0.05) is 18.7 Å². The largest absolute Gasteiger partial charge is 0.399 e. The summed E-state index contributed by atoms with van der Waals surface area (Å²) in [4.78, 5) is 0. The van der Waals surface area contributed by atoms with Crippen molar-refractivity contribution in [3.8, 4) is 0 Å². The first-order valence-electron chi connectivity index (χ1n) is 5.63. The Morgan fingerprint density at radius 1 is 1.25 bits per heavy atom. The van der Waals surface area contributed by atoms with Crippen molar-refractivity contribution in [1.82, 2.24) is 0 Å². The molecule has 92 valence electrons. The third-order valence-electron chi connectivity index (χ3n) is 2.28. The standard InChI is InChI=1S/C11H16FNO.C2H6/c1-8(7-12)11(14-2)9-3-5-10(13)6-4-9;1-2/h3-6,8,11H,7,13H2,1-2H3;1-2H3/t8-,11+;/m1./s1. The molecule has 1 aromatic carbocycles. The van der Waals surface area contributed by atoms with Crippen molar-refractivity contribution in [2.75, 3.05) is 19.5 Å². The first kappa shape index (κ1) is 14.9. The number of nitrogens with two attached hydrogens (primary N) is 1. The van der Waals surface area contributed by atoms with Crippen LogP contribution >= 0.6 is 0 Å². The highest BCUT2D eigenvalue weighted by Gasteiger charge is 2.18. The predicted molar refractivity (Wildman–Crippen MR) is 67.1 cm³/mol. The Balaban J connectivity index is 0.00000106. The molecule has 16 heavy (non-hydrogen) atoms. The molecule has 0 aromatic heterocycles. The lowest BCUT2D eigenvalue weighted by atomic mass is 9.98. The molecule has 3 heteroatoms. The summed E-state index contributed by atoms with van der Waals surface area (Å²) in [6, 6.07) is 7.34. The smallest absolute Gasteiger partial charge is 0.0948 e. The molecule has 0 unspecified atom stereocenters. The van der Waals surface area contributed by atoms with Crippen LogP contribution in [-0.4, -0.2) is 13.8 Å². The molecule has 2 nitrogen and oxygen atoms in total. The summed E-state index contributed by atoms with van der Waals surface area (Å²) in [5.41, 5.74) is 7.23. The van der Waals surface area contributed by atoms with Crippen LogP contribution in [0.3, 0.4) is 0 Å². The molecule has 0 bridgehead atoms. The van der Waals surface area contributed by atoms with Gasteiger partial charge in [0.1, 0.15) is 0 Å². The van der Waals surface area contributed by atoms with E-state index in [1.165, 1.54) is 0 Å². The number of nitrogen functional groups attached to an aromatic ring is 1. The Morgan fingerprint density at radius 3 is 2.12 bits per heavy atom. The molecule has 0 amide bonds. The Morgan fingerprint density at radius 2 is 1.75 bits per heavy atom. The SMILES string of the molecule is CC.CO[C@H](c1ccc(N)cc1)[C@H](C)CF. The summed E-state index contributed by atoms with van der Waals surface area (Å²) >= 11 is 0. The third-order valence-corrected chi connectivity index (χ3v) is 2.28. The van der Waals surface area contributed by atoms with Crippen LogP contribution in [0.5, 0.6) is 0 Å². The van der Waals surface area contributed by atoms with Gasteiger partial charge >= 0.3 is 0 Å². The summed E-state index contributed by atoms with van der Waals surface area (Å²) in [7, 11) is 1.59. The number of alkyl halides is 1. The van der Waals surface area contributed by atoms with E-state index in [0.717, 1.165) is 5.56 Å². The van der Waals surface area contributed by atoms with Crippen molar-refractivity contribution in [1.29, 1.82) is 0 Å². The van der Waals surface area contributed by atoms with Crippen molar-refractivity contribution in [2.45, 2.75) is 26.9 Å². The fourth-order valence-electron chi connectivity index (χ4n) is 1.46. The van der Waals surface area contributed by atoms with Crippen LogP contribution in [-0.2, 0) is 4.74 Å². The van der Waals surface area contributed by atoms with Gasteiger partial charge in [-0.3, -0.25) is 4.39 Å². The van der Waals surface area contributed by atoms with Gasteiger partial charge in [0.2, 0.25) is 0 Å². The Labute approximate surface area is 97.6 Å². The molecule has 1 rings (SSSR count). The minimum Gasteiger partial charge on any atom is -0.399 e. The van der Waals surface area contributed by atoms with Gasteiger partial charge in [0.05, 0.1) is 12.8 Å². The van der Waals surface area contributed by atoms with Crippen molar-refractivity contribution in [2.24, 2.45) is 5.92 Å². The Bertz CT molecular complexity index is 274. The van der Waals surface area contributed by atoms with Gasteiger partial charge in [-0.1, -0.05) is 32.9 Å². The molecule has 0 aliphatic rings. The lowest BCUT2D eigenvalue weighted by Crippen LogP contribution is -2.13. The van der Waals surface area contributed by atoms with E-state index >= 15 is 0 Å². The molecule has 1 aromatic rings. The van der Waals surface area contributed by atoms with E-state index in [1.807, 2.05) is 32.9 Å². The van der Waals surface area contributed by atoms with Gasteiger partial charge < -0.3 is 10.5 Å². The highest BCUT2D eigenvalue weighted by atomic mass is 19.1. The average Bonchev–Trinajstić information content (AvgIpc) is 2.34. The van der Waals surface area contributed by atoms with Gasteiger partial charge in [0.25, 0.3) is 0 Å². The molecule has 0 saturated carbocycles. The van der Waals surface area contributed by atoms with Crippen LogP contribution in [0.2, 0.25) is 0 Å². The fourth-order valence-corrected chi connectivity index (χ4v) is 1.46. The maximum atomic E-state index is 12.5. The maximum absolute atomic E-state index is 12.5. The normalized spacial score (nSPS) is 13.6. The van der Waals surface area contributed by atoms with Crippen LogP contribution in [0.25, 0.3) is 0 Å². The van der Waals surface area contributed by atoms with E-state index in [9.17, 15) is 4.39 Å². The maximum Gasteiger partial charge on any atom is 0.0948 e. The van der Waals surface area contributed by atoms with Crippen LogP contribution in [0.15, 0.2) is 24.3 Å². The summed E-state index contributed by atoms with van der Waals surface area (Å²) in [5, 5.41) is 0. The molecular weight excluding hydrogens is 205 g/mol. The molecule has 2 N–H and O–H groups in total. The van der Waals surface area contributed by atoms with Crippen LogP contribution in [0, 0.1) is 5.92 Å². The van der Waals surface area contributed by atoms with Crippen LogP contribution in [0.4, 0.5) is 10.1 Å². The van der Waals surface area contributed by atoms with Gasteiger partial charge in [-0.05, 0) is 17.7 Å². The second kappa shape index (κ2) is 8.11. The lowest BCUT2D eigenvalue weighted by molar-refractivity contribution is 0.0480. The quantitative estimate of drug-likeness (QED) is 0.798. The van der Waals surface area contributed by atoms with Crippen molar-refractivity contribution < 1.29 is 9.13 Å². The Hall–Kier alpha value is -1.09. The number of methoxy groups -OCH3 is 1. The molecule has 0 saturated heterocycles. The van der Waals surface area contributed by atoms with E-state index in [1.54, 1.807) is 19.2 Å². The molecule has 0 heterocycles. The van der Waals surface area contributed by atoms with Gasteiger partial charge in [0.15, 0.2) is 0 Å². The van der Waals surface area contributed by atoms with Crippen LogP contribution < -0.4 is 5.73 Å². The summed E-state index contributed by atoms with van der Waals surface area (Å²) in [5.74, 6) is -0.136. The number of hydrogen-bond donors (Lipinski definition) is 1. The topological polar surface area (TPSA) is 35.2 Å². The van der Waals surface area contributed by atoms with E-state index in [0.29, 0.717) is 5.69 Å². The number of benzene rings is 1. The zero-order valence-corrected chi connectivity index (χ0v) is 10.5. The monoisotopic (exact) mass is 227 g/mol. The number of ether oxygens (including phenoxy) is 1. The number of hydrogen-bond acceptors (Lipinski definition) is 2. The highest BCUT2D eigenvalue weighted by Crippen LogP contribution is 2.26. The molecule has 0 fully saturated rings. The zero-order valence-electron chi connectivity index (χ0n) is 10.5. The summed E-state index contributed by atoms with van der Waals surface area (Å²) in [6.07, 6.45) is -0.194. The first-order chi connectivity index (χ1) is 7.69. The molecule has 2 atom stereocenters. The minimum atomic E-state index is -0.386. The van der Waals surface area contributed by atoms with Gasteiger partial charge in [-0.25, -0.2) is 0 Å². The van der Waals surface area contributed by atoms with Crippen molar-refractivity contribution in [3.63, 3.8) is 0 Å². The van der Waals surface area contributed by atoms with Crippen molar-refractivity contribution >= 4 is 5.69 Å². The molecular formula is C13H22FNO. The second-order valence-corrected chi connectivity index (χ2v) is 3.45. The summed E-state index contributed by atoms with van der Waals surface area (Å²) in [6.45, 7) is 5.44. The first-order valence-corrected chi connectivity index (χ1v) is 5.63. The summed E-state index contributed by atoms with van der Waals surface area (Å²) < 4.78 is 17.7. The van der Waals surface area contributed by atoms with E-state index < -0.39 is 0 Å². The average molecular weight is 227 g/mol. The third kappa shape index (κ3) is 4.19.